The Hall–Kier alpha value is -10.00. The van der Waals surface area contributed by atoms with E-state index in [0.717, 1.165) is 119 Å². The Morgan fingerprint density at radius 1 is 0.593 bits per heavy atom. The van der Waals surface area contributed by atoms with Crippen molar-refractivity contribution in [2.75, 3.05) is 9.80 Å². The number of allylic oxidation sites excluding steroid dienone is 2. The van der Waals surface area contributed by atoms with Gasteiger partial charge in [0.15, 0.2) is 11.4 Å². The first kappa shape index (κ1) is 52.8. The van der Waals surface area contributed by atoms with E-state index < -0.39 is 6.97 Å². The average molecular weight is 1130 g/mol. The van der Waals surface area contributed by atoms with Crippen LogP contribution in [-0.4, -0.2) is 39.4 Å². The van der Waals surface area contributed by atoms with Gasteiger partial charge in [-0.05, 0) is 212 Å². The second-order valence-corrected chi connectivity index (χ2v) is 23.4. The molecule has 10 aromatic rings. The Bertz CT molecular complexity index is 4570. The molecule has 0 unspecified atom stereocenters. The molecule has 15 rings (SSSR count). The molecule has 0 saturated heterocycles. The summed E-state index contributed by atoms with van der Waals surface area (Å²) in [6, 6.07) is 65.4. The zero-order valence-electron chi connectivity index (χ0n) is 48.3. The number of esters is 1. The van der Waals surface area contributed by atoms with Gasteiger partial charge < -0.3 is 27.2 Å². The highest BCUT2D eigenvalue weighted by Gasteiger charge is 2.59. The molecule has 3 aliphatic heterocycles. The molecule has 2 aliphatic carbocycles. The zero-order valence-corrected chi connectivity index (χ0v) is 48.3. The highest BCUT2D eigenvalue weighted by Crippen LogP contribution is 2.53. The number of imide groups is 1. The molecule has 0 N–H and O–H groups in total. The average Bonchev–Trinajstić information content (AvgIpc) is 1.52. The molecule has 9 aromatic carbocycles. The van der Waals surface area contributed by atoms with Gasteiger partial charge in [0, 0.05) is 68.1 Å². The van der Waals surface area contributed by atoms with Gasteiger partial charge in [0.2, 0.25) is 0 Å². The first-order valence-corrected chi connectivity index (χ1v) is 29.8. The SMILES string of the molecule is CC1=C2CCc3ccccc3C2=[N+]2C1=C(c1c(C)cc(OC(=O)CCCc3ccc(N4C(=O)c5cccc6c(-c7ccc(N(c8ccccc8)c8ccccc8)cc7)ccc(c56)C4=O)cc3)cc1C)c1c(C)c3c(n1[B-]2(F)F)-c1ccccc1CC3. The summed E-state index contributed by atoms with van der Waals surface area (Å²) in [5.41, 5.74) is 20.4. The number of anilines is 4. The molecule has 0 spiro atoms. The van der Waals surface area contributed by atoms with Crippen molar-refractivity contribution in [2.45, 2.75) is 72.6 Å². The summed E-state index contributed by atoms with van der Waals surface area (Å²) in [5.74, 6) is -0.763. The fourth-order valence-electron chi connectivity index (χ4n) is 14.7. The number of benzene rings is 9. The Morgan fingerprint density at radius 3 is 1.86 bits per heavy atom. The molecule has 0 atom stereocenters. The van der Waals surface area contributed by atoms with Crippen molar-refractivity contribution in [1.29, 1.82) is 0 Å². The van der Waals surface area contributed by atoms with E-state index in [4.69, 9.17) is 4.74 Å². The molecule has 1 aromatic heterocycles. The first-order chi connectivity index (χ1) is 41.8. The number of aryl methyl sites for hydroxylation is 5. The number of amides is 2. The van der Waals surface area contributed by atoms with Gasteiger partial charge in [0.1, 0.15) is 5.75 Å². The van der Waals surface area contributed by atoms with Crippen LogP contribution in [0.25, 0.3) is 38.7 Å². The number of ether oxygens (including phenoxy) is 1. The number of nitrogens with zero attached hydrogens (tertiary/aromatic N) is 4. The summed E-state index contributed by atoms with van der Waals surface area (Å²) < 4.78 is 45.5. The third-order valence-corrected chi connectivity index (χ3v) is 18.5. The molecule has 0 bridgehead atoms. The molecule has 11 heteroatoms. The Kier molecular flexibility index (Phi) is 12.5. The first-order valence-electron chi connectivity index (χ1n) is 29.8. The molecular weight excluding hydrogens is 1070 g/mol. The number of aromatic nitrogens is 1. The number of carbonyl (C=O) groups excluding carboxylic acids is 3. The summed E-state index contributed by atoms with van der Waals surface area (Å²) in [6.07, 6.45) is 4.10. The van der Waals surface area contributed by atoms with Crippen LogP contribution in [0.3, 0.4) is 0 Å². The lowest BCUT2D eigenvalue weighted by molar-refractivity contribution is -0.362. The van der Waals surface area contributed by atoms with E-state index in [1.54, 1.807) is 18.2 Å². The van der Waals surface area contributed by atoms with Gasteiger partial charge in [-0.1, -0.05) is 121 Å². The van der Waals surface area contributed by atoms with Gasteiger partial charge in [-0.15, -0.1) is 0 Å². The van der Waals surface area contributed by atoms with Crippen molar-refractivity contribution in [1.82, 2.24) is 4.48 Å². The minimum Gasteiger partial charge on any atom is -0.427 e. The van der Waals surface area contributed by atoms with Crippen LogP contribution >= 0.6 is 0 Å². The van der Waals surface area contributed by atoms with Crippen LogP contribution in [0.2, 0.25) is 0 Å². The molecule has 0 fully saturated rings. The number of fused-ring (bicyclic) bond motifs is 9. The van der Waals surface area contributed by atoms with E-state index in [1.165, 1.54) is 13.9 Å². The third kappa shape index (κ3) is 8.22. The molecule has 86 heavy (non-hydrogen) atoms. The van der Waals surface area contributed by atoms with Crippen LogP contribution in [0.4, 0.5) is 31.4 Å². The summed E-state index contributed by atoms with van der Waals surface area (Å²) in [4.78, 5) is 45.9. The van der Waals surface area contributed by atoms with Crippen LogP contribution in [0.5, 0.6) is 5.75 Å². The van der Waals surface area contributed by atoms with Crippen molar-refractivity contribution < 1.29 is 32.2 Å². The van der Waals surface area contributed by atoms with Gasteiger partial charge in [0.05, 0.1) is 11.3 Å². The maximum absolute atomic E-state index is 18.3. The third-order valence-electron chi connectivity index (χ3n) is 18.5. The molecule has 8 nitrogen and oxygen atoms in total. The highest BCUT2D eigenvalue weighted by atomic mass is 19.2. The smallest absolute Gasteiger partial charge is 0.427 e. The maximum atomic E-state index is 18.3. The number of hydrogen-bond acceptors (Lipinski definition) is 5. The molecule has 5 aliphatic rings. The normalized spacial score (nSPS) is 15.3. The lowest BCUT2D eigenvalue weighted by Gasteiger charge is -2.36. The van der Waals surface area contributed by atoms with Crippen LogP contribution in [0, 0.1) is 20.8 Å². The lowest BCUT2D eigenvalue weighted by Crippen LogP contribution is -2.52. The second kappa shape index (κ2) is 20.4. The van der Waals surface area contributed by atoms with E-state index in [0.29, 0.717) is 76.4 Å². The summed E-state index contributed by atoms with van der Waals surface area (Å²) >= 11 is 0. The molecule has 2 amide bonds. The second-order valence-electron chi connectivity index (χ2n) is 23.4. The number of rotatable bonds is 11. The number of hydrogen-bond donors (Lipinski definition) is 0. The van der Waals surface area contributed by atoms with Crippen molar-refractivity contribution >= 4 is 69.6 Å². The minimum absolute atomic E-state index is 0.144. The number of para-hydroxylation sites is 2. The fourth-order valence-corrected chi connectivity index (χ4v) is 14.7. The van der Waals surface area contributed by atoms with Crippen LogP contribution in [0.1, 0.15) is 103 Å². The monoisotopic (exact) mass is 1130 g/mol. The van der Waals surface area contributed by atoms with Gasteiger partial charge in [-0.3, -0.25) is 14.4 Å². The van der Waals surface area contributed by atoms with Crippen molar-refractivity contribution in [2.24, 2.45) is 0 Å². The van der Waals surface area contributed by atoms with E-state index in [2.05, 4.69) is 65.6 Å². The van der Waals surface area contributed by atoms with Crippen LogP contribution in [-0.2, 0) is 30.5 Å². The Labute approximate surface area is 498 Å². The minimum atomic E-state index is -4.37. The molecule has 420 valence electrons. The van der Waals surface area contributed by atoms with Gasteiger partial charge in [0.25, 0.3) is 11.8 Å². The van der Waals surface area contributed by atoms with Crippen LogP contribution < -0.4 is 14.5 Å². The summed E-state index contributed by atoms with van der Waals surface area (Å²) in [6.45, 7) is 3.62. The standard InChI is InChI=1S/C75H59BF2N4O4/c1-45-43-57(44-46(2)67(45)69-70-47(3)58-39-33-50-18-11-13-24-61(50)72(58)81(70)76(77,78)82-71(69)48(4)59-40-34-51-19-12-14-25-62(51)73(59)82)86-66(83)28-15-17-49-29-35-56(36-30-49)80-74(84)64-27-16-26-63-60(41-42-65(68(63)64)75(80)85)52-31-37-55(38-32-52)79(53-20-7-5-8-21-53)54-22-9-6-10-23-54/h5-14,16,18-27,29-32,35-38,41-44H,15,17,28,33-34,39-40H2,1-4H3. The van der Waals surface area contributed by atoms with Crippen molar-refractivity contribution in [3.05, 3.63) is 284 Å². The van der Waals surface area contributed by atoms with Gasteiger partial charge in [-0.25, -0.2) is 4.90 Å². The molecule has 4 heterocycles. The highest BCUT2D eigenvalue weighted by molar-refractivity contribution is 6.59. The Morgan fingerprint density at radius 2 is 1.17 bits per heavy atom. The van der Waals surface area contributed by atoms with Crippen LogP contribution in [0.15, 0.2) is 217 Å². The van der Waals surface area contributed by atoms with E-state index in [9.17, 15) is 14.4 Å². The summed E-state index contributed by atoms with van der Waals surface area (Å²) in [7, 11) is 0. The molecular formula is C75H59BF2N4O4. The maximum Gasteiger partial charge on any atom is 0.737 e. The van der Waals surface area contributed by atoms with E-state index in [1.807, 2.05) is 149 Å². The van der Waals surface area contributed by atoms with Gasteiger partial charge in [-0.2, -0.15) is 0 Å². The predicted molar refractivity (Wildman–Crippen MR) is 339 cm³/mol. The largest absolute Gasteiger partial charge is 0.737 e. The Balaban J connectivity index is 0.662. The quantitative estimate of drug-likeness (QED) is 0.0558. The zero-order chi connectivity index (χ0) is 58.7. The molecule has 0 radical (unpaired) electrons. The number of halogens is 2. The summed E-state index contributed by atoms with van der Waals surface area (Å²) in [5, 5.41) is 1.47. The van der Waals surface area contributed by atoms with E-state index in [-0.39, 0.29) is 24.2 Å². The van der Waals surface area contributed by atoms with Gasteiger partial charge >= 0.3 is 12.9 Å². The lowest BCUT2D eigenvalue weighted by atomic mass is 9.81. The van der Waals surface area contributed by atoms with Crippen molar-refractivity contribution in [3.8, 4) is 28.1 Å². The predicted octanol–water partition coefficient (Wildman–Crippen LogP) is 17.0. The van der Waals surface area contributed by atoms with Crippen molar-refractivity contribution in [3.63, 3.8) is 0 Å². The molecule has 0 saturated carbocycles. The van der Waals surface area contributed by atoms with E-state index >= 15 is 8.63 Å². The topological polar surface area (TPSA) is 74.9 Å². The number of carbonyl (C=O) groups is 3. The fraction of sp³-hybridized carbons (Fsp3) is 0.147.